The van der Waals surface area contributed by atoms with Crippen molar-refractivity contribution in [3.8, 4) is 0 Å². The zero-order valence-electron chi connectivity index (χ0n) is 25.3. The van der Waals surface area contributed by atoms with Crippen molar-refractivity contribution >= 4 is 54.7 Å². The Bertz CT molecular complexity index is 1020. The fraction of sp³-hybridized carbons (Fsp3) is 0.486. The molecule has 3 aromatic carbocycles. The molecule has 3 rings (SSSR count). The van der Waals surface area contributed by atoms with Crippen LogP contribution in [-0.2, 0) is 4.43 Å². The number of benzene rings is 3. The van der Waals surface area contributed by atoms with E-state index in [1.165, 1.54) is 60.6 Å². The van der Waals surface area contributed by atoms with E-state index < -0.39 is 19.9 Å². The minimum Gasteiger partial charge on any atom is -0.414 e. The van der Waals surface area contributed by atoms with Crippen LogP contribution in [0.4, 0.5) is 0 Å². The molecule has 40 heavy (non-hydrogen) atoms. The Balaban J connectivity index is 1.49. The largest absolute Gasteiger partial charge is 0.414 e. The second-order valence-electron chi connectivity index (χ2n) is 12.7. The summed E-state index contributed by atoms with van der Waals surface area (Å²) in [6.45, 7) is 11.7. The van der Waals surface area contributed by atoms with Gasteiger partial charge in [0.2, 0.25) is 0 Å². The van der Waals surface area contributed by atoms with Crippen LogP contribution in [0.15, 0.2) is 91.0 Å². The lowest BCUT2D eigenvalue weighted by Gasteiger charge is -2.37. The van der Waals surface area contributed by atoms with E-state index in [1.807, 2.05) is 0 Å². The van der Waals surface area contributed by atoms with Gasteiger partial charge >= 0.3 is 0 Å². The van der Waals surface area contributed by atoms with Crippen molar-refractivity contribution in [2.24, 2.45) is 0 Å². The Morgan fingerprint density at radius 1 is 0.600 bits per heavy atom. The minimum absolute atomic E-state index is 0.168. The molecule has 3 aromatic rings. The van der Waals surface area contributed by atoms with Gasteiger partial charge in [-0.1, -0.05) is 131 Å². The highest BCUT2D eigenvalue weighted by molar-refractivity contribution is 7.95. The van der Waals surface area contributed by atoms with Gasteiger partial charge in [0.1, 0.15) is 27.5 Å². The number of alkyl halides is 2. The summed E-state index contributed by atoms with van der Waals surface area (Å²) in [7, 11) is -3.54. The topological polar surface area (TPSA) is 9.23 Å². The molecule has 0 aliphatic rings. The van der Waals surface area contributed by atoms with Gasteiger partial charge in [-0.25, -0.2) is 0 Å². The molecule has 0 saturated carbocycles. The second kappa shape index (κ2) is 15.4. The zero-order chi connectivity index (χ0) is 29.1. The summed E-state index contributed by atoms with van der Waals surface area (Å²) >= 11 is 13.3. The first-order valence-corrected chi connectivity index (χ1v) is 20.7. The van der Waals surface area contributed by atoms with E-state index in [0.29, 0.717) is 6.61 Å². The Kier molecular flexibility index (Phi) is 12.8. The van der Waals surface area contributed by atoms with Gasteiger partial charge in [-0.15, -0.1) is 0 Å². The van der Waals surface area contributed by atoms with E-state index in [9.17, 15) is 0 Å². The summed E-state index contributed by atoms with van der Waals surface area (Å²) < 4.78 is 5.50. The van der Waals surface area contributed by atoms with Gasteiger partial charge in [-0.2, -0.15) is 0 Å². The predicted molar refractivity (Wildman–Crippen MR) is 185 cm³/mol. The van der Waals surface area contributed by atoms with Crippen molar-refractivity contribution in [3.05, 3.63) is 91.0 Å². The molecule has 5 heteroatoms. The molecular formula is C35H50Cl2OPSi+. The molecule has 0 fully saturated rings. The van der Waals surface area contributed by atoms with Crippen molar-refractivity contribution in [1.29, 1.82) is 0 Å². The predicted octanol–water partition coefficient (Wildman–Crippen LogP) is 10.3. The fourth-order valence-corrected chi connectivity index (χ4v) is 11.1. The molecule has 218 valence electrons. The highest BCUT2D eigenvalue weighted by atomic mass is 35.5. The normalized spacial score (nSPS) is 13.0. The maximum atomic E-state index is 6.63. The summed E-state index contributed by atoms with van der Waals surface area (Å²) in [5, 5.41) is 4.61. The Morgan fingerprint density at radius 3 is 1.38 bits per heavy atom. The van der Waals surface area contributed by atoms with Crippen LogP contribution >= 0.6 is 30.5 Å². The lowest BCUT2D eigenvalue weighted by molar-refractivity contribution is 0.267. The molecule has 0 saturated heterocycles. The summed E-state index contributed by atoms with van der Waals surface area (Å²) in [5.41, 5.74) is 0. The van der Waals surface area contributed by atoms with Gasteiger partial charge in [0, 0.05) is 0 Å². The van der Waals surface area contributed by atoms with E-state index in [4.69, 9.17) is 27.6 Å². The van der Waals surface area contributed by atoms with Crippen LogP contribution in [0.25, 0.3) is 0 Å². The lowest BCUT2D eigenvalue weighted by Crippen LogP contribution is -2.43. The second-order valence-corrected chi connectivity index (χ2v) is 22.7. The average molecular weight is 617 g/mol. The van der Waals surface area contributed by atoms with Gasteiger partial charge in [-0.3, -0.25) is 0 Å². The van der Waals surface area contributed by atoms with Gasteiger partial charge < -0.3 is 4.43 Å². The summed E-state index contributed by atoms with van der Waals surface area (Å²) in [4.78, 5) is 0. The molecule has 0 heterocycles. The number of hydrogen-bond donors (Lipinski definition) is 0. The fourth-order valence-electron chi connectivity index (χ4n) is 5.07. The third-order valence-corrected chi connectivity index (χ3v) is 18.2. The van der Waals surface area contributed by atoms with Crippen LogP contribution in [-0.4, -0.2) is 25.4 Å². The number of rotatable bonds is 16. The molecule has 1 nitrogen and oxygen atoms in total. The van der Waals surface area contributed by atoms with E-state index in [0.717, 1.165) is 12.8 Å². The number of unbranched alkanes of at least 4 members (excludes halogenated alkanes) is 6. The van der Waals surface area contributed by atoms with Crippen LogP contribution < -0.4 is 15.9 Å². The van der Waals surface area contributed by atoms with Crippen molar-refractivity contribution in [3.63, 3.8) is 0 Å². The Morgan fingerprint density at radius 2 is 0.975 bits per heavy atom. The van der Waals surface area contributed by atoms with Crippen molar-refractivity contribution in [1.82, 2.24) is 0 Å². The average Bonchev–Trinajstić information content (AvgIpc) is 2.94. The Hall–Kier alpha value is -1.15. The van der Waals surface area contributed by atoms with Crippen LogP contribution in [0.3, 0.4) is 0 Å². The minimum atomic E-state index is -1.83. The summed E-state index contributed by atoms with van der Waals surface area (Å²) in [5.74, 6) is 0. The third-order valence-electron chi connectivity index (χ3n) is 8.58. The number of hydrogen-bond acceptors (Lipinski definition) is 1. The number of halogens is 2. The standard InChI is InChI=1S/C35H50Cl2OPSi/c1-34(2,3)40(4,5)38-30-35(36,37)28-20-9-7-6-8-10-21-29-39(31-22-14-11-15-23-31,32-24-16-12-17-25-32)33-26-18-13-19-27-33/h11-19,22-27H,6-10,20-21,28-30H2,1-5H3/q+1. The van der Waals surface area contributed by atoms with Crippen LogP contribution in [0.1, 0.15) is 72.1 Å². The van der Waals surface area contributed by atoms with Crippen molar-refractivity contribution in [2.45, 2.75) is 94.6 Å². The van der Waals surface area contributed by atoms with E-state index in [1.54, 1.807) is 0 Å². The molecule has 0 N–H and O–H groups in total. The molecule has 0 aromatic heterocycles. The van der Waals surface area contributed by atoms with Crippen molar-refractivity contribution in [2.75, 3.05) is 12.8 Å². The lowest BCUT2D eigenvalue weighted by atomic mass is 10.1. The van der Waals surface area contributed by atoms with Crippen LogP contribution in [0, 0.1) is 0 Å². The van der Waals surface area contributed by atoms with E-state index in [-0.39, 0.29) is 5.04 Å². The van der Waals surface area contributed by atoms with E-state index in [2.05, 4.69) is 125 Å². The highest BCUT2D eigenvalue weighted by Gasteiger charge is 2.44. The summed E-state index contributed by atoms with van der Waals surface area (Å²) in [6.07, 6.45) is 10.5. The molecule has 0 aliphatic heterocycles. The van der Waals surface area contributed by atoms with Gasteiger partial charge in [0.05, 0.1) is 12.8 Å². The van der Waals surface area contributed by atoms with Gasteiger partial charge in [0.25, 0.3) is 0 Å². The maximum absolute atomic E-state index is 6.63. The molecule has 0 bridgehead atoms. The first-order chi connectivity index (χ1) is 19.0. The molecule has 0 amide bonds. The van der Waals surface area contributed by atoms with E-state index >= 15 is 0 Å². The molecule has 0 aliphatic carbocycles. The first kappa shape index (κ1) is 33.4. The highest BCUT2D eigenvalue weighted by Crippen LogP contribution is 2.56. The van der Waals surface area contributed by atoms with Crippen molar-refractivity contribution < 1.29 is 4.43 Å². The molecule has 0 radical (unpaired) electrons. The summed E-state index contributed by atoms with van der Waals surface area (Å²) in [6, 6.07) is 33.7. The van der Waals surface area contributed by atoms with Gasteiger partial charge in [0.15, 0.2) is 8.32 Å². The maximum Gasteiger partial charge on any atom is 0.192 e. The zero-order valence-corrected chi connectivity index (χ0v) is 28.7. The SMILES string of the molecule is CC(C)(C)[Si](C)(C)OCC(Cl)(Cl)CCCCCCCCC[P+](c1ccccc1)(c1ccccc1)c1ccccc1. The van der Waals surface area contributed by atoms with Crippen LogP contribution in [0.2, 0.25) is 18.1 Å². The Labute approximate surface area is 256 Å². The molecular weight excluding hydrogens is 566 g/mol. The molecule has 0 spiro atoms. The molecule has 0 unspecified atom stereocenters. The van der Waals surface area contributed by atoms with Crippen LogP contribution in [0.5, 0.6) is 0 Å². The quantitative estimate of drug-likeness (QED) is 0.0674. The monoisotopic (exact) mass is 615 g/mol. The third kappa shape index (κ3) is 9.43. The smallest absolute Gasteiger partial charge is 0.192 e. The molecule has 0 atom stereocenters. The van der Waals surface area contributed by atoms with Gasteiger partial charge in [-0.05, 0) is 73.8 Å². The first-order valence-electron chi connectivity index (χ1n) is 15.0.